The molecule has 1 aromatic rings. The molecular formula is C13H17NO. The van der Waals surface area contributed by atoms with E-state index in [9.17, 15) is 4.79 Å². The van der Waals surface area contributed by atoms with Crippen LogP contribution in [0.25, 0.3) is 0 Å². The summed E-state index contributed by atoms with van der Waals surface area (Å²) < 4.78 is 0. The van der Waals surface area contributed by atoms with E-state index in [1.807, 2.05) is 4.90 Å². The van der Waals surface area contributed by atoms with Crippen LogP contribution in [0.1, 0.15) is 30.4 Å². The molecule has 2 nitrogen and oxygen atoms in total. The summed E-state index contributed by atoms with van der Waals surface area (Å²) in [6, 6.07) is 6.27. The SMILES string of the molecule is Cc1ccc(N2CCCCC2=O)c(C)c1. The highest BCUT2D eigenvalue weighted by molar-refractivity contribution is 5.94. The van der Waals surface area contributed by atoms with Gasteiger partial charge in [0.25, 0.3) is 0 Å². The molecular weight excluding hydrogens is 186 g/mol. The standard InChI is InChI=1S/C13H17NO/c1-10-6-7-12(11(2)9-10)14-8-4-3-5-13(14)15/h6-7,9H,3-5,8H2,1-2H3. The van der Waals surface area contributed by atoms with E-state index < -0.39 is 0 Å². The van der Waals surface area contributed by atoms with E-state index in [2.05, 4.69) is 32.0 Å². The molecule has 0 N–H and O–H groups in total. The fourth-order valence-electron chi connectivity index (χ4n) is 2.17. The topological polar surface area (TPSA) is 20.3 Å². The highest BCUT2D eigenvalue weighted by Crippen LogP contribution is 2.25. The van der Waals surface area contributed by atoms with E-state index in [4.69, 9.17) is 0 Å². The highest BCUT2D eigenvalue weighted by atomic mass is 16.2. The van der Waals surface area contributed by atoms with Crippen LogP contribution in [-0.4, -0.2) is 12.5 Å². The molecule has 0 aromatic heterocycles. The number of nitrogens with zero attached hydrogens (tertiary/aromatic N) is 1. The first-order chi connectivity index (χ1) is 7.18. The number of carbonyl (C=O) groups excluding carboxylic acids is 1. The summed E-state index contributed by atoms with van der Waals surface area (Å²) in [5.41, 5.74) is 3.54. The van der Waals surface area contributed by atoms with Crippen LogP contribution in [0.3, 0.4) is 0 Å². The normalized spacial score (nSPS) is 16.9. The molecule has 1 aliphatic heterocycles. The van der Waals surface area contributed by atoms with E-state index >= 15 is 0 Å². The van der Waals surface area contributed by atoms with E-state index in [-0.39, 0.29) is 5.91 Å². The molecule has 0 aliphatic carbocycles. The van der Waals surface area contributed by atoms with Gasteiger partial charge in [-0.05, 0) is 38.3 Å². The molecule has 0 atom stereocenters. The van der Waals surface area contributed by atoms with Crippen molar-refractivity contribution in [2.45, 2.75) is 33.1 Å². The number of rotatable bonds is 1. The minimum Gasteiger partial charge on any atom is -0.312 e. The third-order valence-corrected chi connectivity index (χ3v) is 2.97. The largest absolute Gasteiger partial charge is 0.312 e. The number of amides is 1. The van der Waals surface area contributed by atoms with Crippen molar-refractivity contribution >= 4 is 11.6 Å². The number of hydrogen-bond donors (Lipinski definition) is 0. The van der Waals surface area contributed by atoms with Gasteiger partial charge in [0.1, 0.15) is 0 Å². The van der Waals surface area contributed by atoms with Gasteiger partial charge in [-0.2, -0.15) is 0 Å². The van der Waals surface area contributed by atoms with Gasteiger partial charge in [0, 0.05) is 18.7 Å². The van der Waals surface area contributed by atoms with Gasteiger partial charge in [0.2, 0.25) is 5.91 Å². The van der Waals surface area contributed by atoms with Crippen molar-refractivity contribution in [1.29, 1.82) is 0 Å². The summed E-state index contributed by atoms with van der Waals surface area (Å²) in [5.74, 6) is 0.271. The van der Waals surface area contributed by atoms with Gasteiger partial charge < -0.3 is 4.90 Å². The molecule has 0 bridgehead atoms. The Hall–Kier alpha value is -1.31. The van der Waals surface area contributed by atoms with Gasteiger partial charge in [-0.15, -0.1) is 0 Å². The minimum absolute atomic E-state index is 0.271. The molecule has 0 unspecified atom stereocenters. The predicted molar refractivity (Wildman–Crippen MR) is 62.1 cm³/mol. The molecule has 0 saturated carbocycles. The Morgan fingerprint density at radius 3 is 2.67 bits per heavy atom. The summed E-state index contributed by atoms with van der Waals surface area (Å²) in [5, 5.41) is 0. The molecule has 0 radical (unpaired) electrons. The van der Waals surface area contributed by atoms with E-state index in [0.29, 0.717) is 6.42 Å². The lowest BCUT2D eigenvalue weighted by molar-refractivity contribution is -0.119. The van der Waals surface area contributed by atoms with Crippen LogP contribution in [0.2, 0.25) is 0 Å². The zero-order chi connectivity index (χ0) is 10.8. The van der Waals surface area contributed by atoms with Crippen LogP contribution in [-0.2, 0) is 4.79 Å². The van der Waals surface area contributed by atoms with Crippen LogP contribution < -0.4 is 4.90 Å². The third kappa shape index (κ3) is 2.04. The van der Waals surface area contributed by atoms with Crippen molar-refractivity contribution in [1.82, 2.24) is 0 Å². The molecule has 1 aromatic carbocycles. The quantitative estimate of drug-likeness (QED) is 0.687. The van der Waals surface area contributed by atoms with Crippen LogP contribution in [0.4, 0.5) is 5.69 Å². The number of aryl methyl sites for hydroxylation is 2. The number of anilines is 1. The second-order valence-corrected chi connectivity index (χ2v) is 4.29. The van der Waals surface area contributed by atoms with E-state index in [1.54, 1.807) is 0 Å². The summed E-state index contributed by atoms with van der Waals surface area (Å²) >= 11 is 0. The third-order valence-electron chi connectivity index (χ3n) is 2.97. The summed E-state index contributed by atoms with van der Waals surface area (Å²) in [6.45, 7) is 5.03. The first-order valence-electron chi connectivity index (χ1n) is 5.56. The first-order valence-corrected chi connectivity index (χ1v) is 5.56. The molecule has 0 spiro atoms. The molecule has 2 rings (SSSR count). The molecule has 1 aliphatic rings. The summed E-state index contributed by atoms with van der Waals surface area (Å²) in [6.07, 6.45) is 2.87. The van der Waals surface area contributed by atoms with E-state index in [0.717, 1.165) is 25.1 Å². The first kappa shape index (κ1) is 10.2. The van der Waals surface area contributed by atoms with Crippen LogP contribution in [0.5, 0.6) is 0 Å². The fraction of sp³-hybridized carbons (Fsp3) is 0.462. The molecule has 80 valence electrons. The van der Waals surface area contributed by atoms with E-state index in [1.165, 1.54) is 11.1 Å². The maximum atomic E-state index is 11.8. The second kappa shape index (κ2) is 4.05. The molecule has 15 heavy (non-hydrogen) atoms. The van der Waals surface area contributed by atoms with Crippen LogP contribution >= 0.6 is 0 Å². The average Bonchev–Trinajstić information content (AvgIpc) is 2.20. The van der Waals surface area contributed by atoms with Crippen molar-refractivity contribution in [2.24, 2.45) is 0 Å². The van der Waals surface area contributed by atoms with Crippen molar-refractivity contribution in [2.75, 3.05) is 11.4 Å². The van der Waals surface area contributed by atoms with Crippen LogP contribution in [0.15, 0.2) is 18.2 Å². The van der Waals surface area contributed by atoms with Gasteiger partial charge in [-0.1, -0.05) is 17.7 Å². The second-order valence-electron chi connectivity index (χ2n) is 4.29. The molecule has 2 heteroatoms. The van der Waals surface area contributed by atoms with Gasteiger partial charge in [0.15, 0.2) is 0 Å². The maximum absolute atomic E-state index is 11.8. The van der Waals surface area contributed by atoms with Gasteiger partial charge in [-0.3, -0.25) is 4.79 Å². The maximum Gasteiger partial charge on any atom is 0.226 e. The van der Waals surface area contributed by atoms with Crippen molar-refractivity contribution in [3.8, 4) is 0 Å². The Labute approximate surface area is 90.9 Å². The summed E-state index contributed by atoms with van der Waals surface area (Å²) in [7, 11) is 0. The smallest absolute Gasteiger partial charge is 0.226 e. The zero-order valence-electron chi connectivity index (χ0n) is 9.42. The predicted octanol–water partition coefficient (Wildman–Crippen LogP) is 2.82. The molecule has 1 fully saturated rings. The Kier molecular flexibility index (Phi) is 2.76. The van der Waals surface area contributed by atoms with Gasteiger partial charge in [-0.25, -0.2) is 0 Å². The lowest BCUT2D eigenvalue weighted by atomic mass is 10.1. The van der Waals surface area contributed by atoms with Gasteiger partial charge >= 0.3 is 0 Å². The zero-order valence-corrected chi connectivity index (χ0v) is 9.42. The lowest BCUT2D eigenvalue weighted by Crippen LogP contribution is -2.35. The monoisotopic (exact) mass is 203 g/mol. The van der Waals surface area contributed by atoms with Crippen molar-refractivity contribution in [3.05, 3.63) is 29.3 Å². The average molecular weight is 203 g/mol. The molecule has 1 saturated heterocycles. The van der Waals surface area contributed by atoms with Crippen molar-refractivity contribution in [3.63, 3.8) is 0 Å². The Morgan fingerprint density at radius 2 is 2.00 bits per heavy atom. The highest BCUT2D eigenvalue weighted by Gasteiger charge is 2.20. The minimum atomic E-state index is 0.271. The lowest BCUT2D eigenvalue weighted by Gasteiger charge is -2.28. The van der Waals surface area contributed by atoms with Crippen LogP contribution in [0, 0.1) is 13.8 Å². The Morgan fingerprint density at radius 1 is 1.20 bits per heavy atom. The number of hydrogen-bond acceptors (Lipinski definition) is 1. The fourth-order valence-corrected chi connectivity index (χ4v) is 2.17. The van der Waals surface area contributed by atoms with Crippen molar-refractivity contribution < 1.29 is 4.79 Å². The Balaban J connectivity index is 2.31. The Bertz CT molecular complexity index is 384. The molecule has 1 heterocycles. The number of carbonyl (C=O) groups is 1. The number of piperidine rings is 1. The van der Waals surface area contributed by atoms with Gasteiger partial charge in [0.05, 0.1) is 0 Å². The molecule has 1 amide bonds. The summed E-state index contributed by atoms with van der Waals surface area (Å²) in [4.78, 5) is 13.7. The number of benzene rings is 1.